The van der Waals surface area contributed by atoms with Crippen LogP contribution in [0.5, 0.6) is 0 Å². The quantitative estimate of drug-likeness (QED) is 0.913. The second-order valence-corrected chi connectivity index (χ2v) is 6.33. The van der Waals surface area contributed by atoms with E-state index in [2.05, 4.69) is 28.2 Å². The third-order valence-electron chi connectivity index (χ3n) is 3.19. The summed E-state index contributed by atoms with van der Waals surface area (Å²) in [5.41, 5.74) is 1.15. The van der Waals surface area contributed by atoms with Crippen molar-refractivity contribution in [3.05, 3.63) is 27.9 Å². The predicted molar refractivity (Wildman–Crippen MR) is 74.8 cm³/mol. The minimum atomic E-state index is 0.726. The molecule has 17 heavy (non-hydrogen) atoms. The molecule has 1 saturated heterocycles. The molecule has 2 nitrogen and oxygen atoms in total. The van der Waals surface area contributed by atoms with E-state index in [4.69, 9.17) is 4.98 Å². The highest BCUT2D eigenvalue weighted by atomic mass is 32.1. The van der Waals surface area contributed by atoms with Crippen molar-refractivity contribution < 1.29 is 0 Å². The molecule has 1 atom stereocenters. The average molecular weight is 264 g/mol. The maximum Gasteiger partial charge on any atom is 0.0933 e. The van der Waals surface area contributed by atoms with Crippen LogP contribution in [0.2, 0.25) is 0 Å². The van der Waals surface area contributed by atoms with Crippen molar-refractivity contribution in [3.63, 3.8) is 0 Å². The summed E-state index contributed by atoms with van der Waals surface area (Å²) in [5, 5.41) is 9.11. The molecule has 0 aliphatic carbocycles. The number of aromatic nitrogens is 1. The molecule has 3 rings (SSSR count). The molecule has 3 heterocycles. The van der Waals surface area contributed by atoms with E-state index in [9.17, 15) is 0 Å². The Hall–Kier alpha value is -0.710. The number of hydrogen-bond donors (Lipinski definition) is 1. The second-order valence-electron chi connectivity index (χ2n) is 4.44. The first-order chi connectivity index (χ1) is 8.42. The molecule has 0 radical (unpaired) electrons. The zero-order chi connectivity index (χ0) is 11.5. The fraction of sp³-hybridized carbons (Fsp3) is 0.462. The average Bonchev–Trinajstić information content (AvgIpc) is 3.09. The maximum atomic E-state index is 4.71. The summed E-state index contributed by atoms with van der Waals surface area (Å²) in [6.07, 6.45) is 5.03. The molecule has 2 aromatic rings. The van der Waals surface area contributed by atoms with Gasteiger partial charge in [0.25, 0.3) is 0 Å². The van der Waals surface area contributed by atoms with Crippen LogP contribution >= 0.6 is 22.7 Å². The van der Waals surface area contributed by atoms with Gasteiger partial charge < -0.3 is 5.32 Å². The number of nitrogens with zero attached hydrogens (tertiary/aromatic N) is 1. The summed E-state index contributed by atoms with van der Waals surface area (Å²) in [6, 6.07) is 4.95. The van der Waals surface area contributed by atoms with Gasteiger partial charge in [-0.3, -0.25) is 0 Å². The standard InChI is InChI=1S/C13H16N2S2/c1-3-10(14-7-1)5-6-13-15-11(9-17-13)12-4-2-8-16-12/h2,4,8-10,14H,1,3,5-7H2. The van der Waals surface area contributed by atoms with Gasteiger partial charge in [-0.1, -0.05) is 6.07 Å². The number of thiophene rings is 1. The molecule has 0 aromatic carbocycles. The van der Waals surface area contributed by atoms with Crippen molar-refractivity contribution in [2.45, 2.75) is 31.7 Å². The summed E-state index contributed by atoms with van der Waals surface area (Å²) in [5.74, 6) is 0. The van der Waals surface area contributed by atoms with Crippen LogP contribution in [0.4, 0.5) is 0 Å². The maximum absolute atomic E-state index is 4.71. The number of nitrogens with one attached hydrogen (secondary N) is 1. The van der Waals surface area contributed by atoms with Gasteiger partial charge in [-0.25, -0.2) is 4.98 Å². The first kappa shape index (κ1) is 11.4. The van der Waals surface area contributed by atoms with Crippen LogP contribution in [0, 0.1) is 0 Å². The fourth-order valence-electron chi connectivity index (χ4n) is 2.26. The Morgan fingerprint density at radius 3 is 3.18 bits per heavy atom. The molecule has 1 aliphatic rings. The zero-order valence-electron chi connectivity index (χ0n) is 9.69. The highest BCUT2D eigenvalue weighted by molar-refractivity contribution is 7.14. The Kier molecular flexibility index (Phi) is 3.54. The lowest BCUT2D eigenvalue weighted by Crippen LogP contribution is -2.21. The van der Waals surface area contributed by atoms with E-state index in [-0.39, 0.29) is 0 Å². The molecule has 2 aromatic heterocycles. The molecule has 0 amide bonds. The van der Waals surface area contributed by atoms with Gasteiger partial charge in [-0.05, 0) is 37.3 Å². The van der Waals surface area contributed by atoms with Crippen molar-refractivity contribution >= 4 is 22.7 Å². The van der Waals surface area contributed by atoms with E-state index in [1.165, 1.54) is 35.7 Å². The van der Waals surface area contributed by atoms with Crippen molar-refractivity contribution in [3.8, 4) is 10.6 Å². The van der Waals surface area contributed by atoms with Crippen molar-refractivity contribution in [2.24, 2.45) is 0 Å². The number of hydrogen-bond acceptors (Lipinski definition) is 4. The van der Waals surface area contributed by atoms with E-state index in [1.807, 2.05) is 0 Å². The Morgan fingerprint density at radius 1 is 1.41 bits per heavy atom. The predicted octanol–water partition coefficient (Wildman–Crippen LogP) is 3.56. The van der Waals surface area contributed by atoms with Crippen LogP contribution in [-0.4, -0.2) is 17.6 Å². The van der Waals surface area contributed by atoms with E-state index in [1.54, 1.807) is 22.7 Å². The second kappa shape index (κ2) is 5.29. The molecule has 1 fully saturated rings. The topological polar surface area (TPSA) is 24.9 Å². The molecule has 0 spiro atoms. The molecular formula is C13H16N2S2. The summed E-state index contributed by atoms with van der Waals surface area (Å²) >= 11 is 3.56. The van der Waals surface area contributed by atoms with Gasteiger partial charge in [0.2, 0.25) is 0 Å². The van der Waals surface area contributed by atoms with Crippen LogP contribution in [0.1, 0.15) is 24.3 Å². The van der Waals surface area contributed by atoms with Gasteiger partial charge in [0.05, 0.1) is 15.6 Å². The fourth-order valence-corrected chi connectivity index (χ4v) is 3.84. The van der Waals surface area contributed by atoms with Crippen molar-refractivity contribution in [2.75, 3.05) is 6.54 Å². The third kappa shape index (κ3) is 2.76. The Labute approximate surface area is 110 Å². The van der Waals surface area contributed by atoms with Gasteiger partial charge in [0, 0.05) is 17.8 Å². The Balaban J connectivity index is 1.60. The molecule has 1 unspecified atom stereocenters. The van der Waals surface area contributed by atoms with E-state index < -0.39 is 0 Å². The Bertz CT molecular complexity index is 455. The molecular weight excluding hydrogens is 248 g/mol. The summed E-state index contributed by atoms with van der Waals surface area (Å²) in [4.78, 5) is 6.00. The normalized spacial score (nSPS) is 19.9. The number of thiazole rings is 1. The highest BCUT2D eigenvalue weighted by Crippen LogP contribution is 2.26. The largest absolute Gasteiger partial charge is 0.314 e. The molecule has 1 N–H and O–H groups in total. The lowest BCUT2D eigenvalue weighted by Gasteiger charge is -2.07. The first-order valence-corrected chi connectivity index (χ1v) is 7.89. The van der Waals surface area contributed by atoms with Gasteiger partial charge in [-0.15, -0.1) is 22.7 Å². The van der Waals surface area contributed by atoms with Crippen molar-refractivity contribution in [1.29, 1.82) is 0 Å². The van der Waals surface area contributed by atoms with Crippen LogP contribution in [0.3, 0.4) is 0 Å². The third-order valence-corrected chi connectivity index (χ3v) is 5.00. The monoisotopic (exact) mass is 264 g/mol. The molecule has 1 aliphatic heterocycles. The molecule has 4 heteroatoms. The lowest BCUT2D eigenvalue weighted by atomic mass is 10.1. The smallest absolute Gasteiger partial charge is 0.0933 e. The van der Waals surface area contributed by atoms with E-state index >= 15 is 0 Å². The SMILES string of the molecule is c1csc(-c2csc(CCC3CCCN3)n2)c1. The number of aryl methyl sites for hydroxylation is 1. The van der Waals surface area contributed by atoms with Crippen molar-refractivity contribution in [1.82, 2.24) is 10.3 Å². The summed E-state index contributed by atoms with van der Waals surface area (Å²) in [7, 11) is 0. The highest BCUT2D eigenvalue weighted by Gasteiger charge is 2.14. The summed E-state index contributed by atoms with van der Waals surface area (Å²) in [6.45, 7) is 1.20. The molecule has 0 saturated carbocycles. The van der Waals surface area contributed by atoms with Gasteiger partial charge in [-0.2, -0.15) is 0 Å². The van der Waals surface area contributed by atoms with Crippen LogP contribution in [0.15, 0.2) is 22.9 Å². The van der Waals surface area contributed by atoms with Gasteiger partial charge in [0.1, 0.15) is 0 Å². The zero-order valence-corrected chi connectivity index (χ0v) is 11.3. The minimum Gasteiger partial charge on any atom is -0.314 e. The van der Waals surface area contributed by atoms with Crippen LogP contribution < -0.4 is 5.32 Å². The van der Waals surface area contributed by atoms with E-state index in [0.29, 0.717) is 0 Å². The van der Waals surface area contributed by atoms with Crippen LogP contribution in [0.25, 0.3) is 10.6 Å². The molecule has 0 bridgehead atoms. The Morgan fingerprint density at radius 2 is 2.41 bits per heavy atom. The summed E-state index contributed by atoms with van der Waals surface area (Å²) < 4.78 is 0. The lowest BCUT2D eigenvalue weighted by molar-refractivity contribution is 0.558. The minimum absolute atomic E-state index is 0.726. The first-order valence-electron chi connectivity index (χ1n) is 6.13. The van der Waals surface area contributed by atoms with E-state index in [0.717, 1.165) is 18.2 Å². The molecule has 90 valence electrons. The van der Waals surface area contributed by atoms with Crippen LogP contribution in [-0.2, 0) is 6.42 Å². The van der Waals surface area contributed by atoms with Gasteiger partial charge in [0.15, 0.2) is 0 Å². The number of rotatable bonds is 4. The van der Waals surface area contributed by atoms with Gasteiger partial charge >= 0.3 is 0 Å².